The number of carbonyl (C=O) groups is 2. The molecule has 0 radical (unpaired) electrons. The average molecular weight is 372 g/mol. The number of rotatable bonds is 5. The quantitative estimate of drug-likeness (QED) is 0.545. The van der Waals surface area contributed by atoms with Crippen molar-refractivity contribution in [1.82, 2.24) is 10.6 Å². The van der Waals surface area contributed by atoms with Gasteiger partial charge in [0.25, 0.3) is 5.91 Å². The fraction of sp³-hybridized carbons (Fsp3) is 0.176. The predicted molar refractivity (Wildman–Crippen MR) is 94.1 cm³/mol. The molecular formula is C17H16N4O6. The van der Waals surface area contributed by atoms with E-state index in [1.165, 1.54) is 13.2 Å². The van der Waals surface area contributed by atoms with Crippen molar-refractivity contribution >= 4 is 23.5 Å². The van der Waals surface area contributed by atoms with Crippen molar-refractivity contribution in [3.05, 3.63) is 63.5 Å². The van der Waals surface area contributed by atoms with Crippen LogP contribution in [-0.2, 0) is 4.79 Å². The number of hydrogen-bond acceptors (Lipinski definition) is 6. The second-order valence-corrected chi connectivity index (χ2v) is 5.66. The van der Waals surface area contributed by atoms with E-state index in [0.29, 0.717) is 17.1 Å². The SMILES string of the molecule is COc1ccccc1NC(=O)C1=C(C)NC(=O)N[C@@H]1c1ccc([N+](=O)[O-])o1. The van der Waals surface area contributed by atoms with E-state index in [9.17, 15) is 19.7 Å². The summed E-state index contributed by atoms with van der Waals surface area (Å²) in [5, 5.41) is 18.6. The molecule has 140 valence electrons. The summed E-state index contributed by atoms with van der Waals surface area (Å²) < 4.78 is 10.4. The van der Waals surface area contributed by atoms with Crippen molar-refractivity contribution in [3.8, 4) is 5.75 Å². The molecule has 10 nitrogen and oxygen atoms in total. The van der Waals surface area contributed by atoms with Gasteiger partial charge in [0.15, 0.2) is 0 Å². The van der Waals surface area contributed by atoms with Gasteiger partial charge in [0.05, 0.1) is 24.4 Å². The van der Waals surface area contributed by atoms with E-state index in [1.807, 2.05) is 0 Å². The number of amides is 3. The van der Waals surface area contributed by atoms with Crippen LogP contribution < -0.4 is 20.7 Å². The van der Waals surface area contributed by atoms with E-state index >= 15 is 0 Å². The minimum absolute atomic E-state index is 0.0704. The zero-order valence-corrected chi connectivity index (χ0v) is 14.4. The minimum atomic E-state index is -0.984. The van der Waals surface area contributed by atoms with Crippen molar-refractivity contribution in [1.29, 1.82) is 0 Å². The zero-order valence-electron chi connectivity index (χ0n) is 14.4. The monoisotopic (exact) mass is 372 g/mol. The first-order chi connectivity index (χ1) is 12.9. The first kappa shape index (κ1) is 18.0. The molecule has 1 aromatic carbocycles. The Balaban J connectivity index is 1.95. The Bertz CT molecular complexity index is 948. The molecule has 2 heterocycles. The van der Waals surface area contributed by atoms with Crippen LogP contribution >= 0.6 is 0 Å². The van der Waals surface area contributed by atoms with Gasteiger partial charge in [-0.05, 0) is 25.1 Å². The molecule has 1 aliphatic rings. The lowest BCUT2D eigenvalue weighted by Crippen LogP contribution is -2.45. The second-order valence-electron chi connectivity index (χ2n) is 5.66. The van der Waals surface area contributed by atoms with Crippen molar-refractivity contribution in [2.75, 3.05) is 12.4 Å². The van der Waals surface area contributed by atoms with Crippen LogP contribution in [0.15, 0.2) is 52.1 Å². The highest BCUT2D eigenvalue weighted by Crippen LogP contribution is 2.32. The van der Waals surface area contributed by atoms with E-state index in [4.69, 9.17) is 9.15 Å². The summed E-state index contributed by atoms with van der Waals surface area (Å²) in [6.45, 7) is 1.56. The van der Waals surface area contributed by atoms with E-state index in [1.54, 1.807) is 31.2 Å². The Morgan fingerprint density at radius 3 is 2.70 bits per heavy atom. The molecule has 3 rings (SSSR count). The number of hydrogen-bond donors (Lipinski definition) is 3. The largest absolute Gasteiger partial charge is 0.495 e. The number of carbonyl (C=O) groups excluding carboxylic acids is 2. The summed E-state index contributed by atoms with van der Waals surface area (Å²) in [5.41, 5.74) is 0.895. The van der Waals surface area contributed by atoms with Gasteiger partial charge in [-0.2, -0.15) is 0 Å². The number of furan rings is 1. The minimum Gasteiger partial charge on any atom is -0.495 e. The van der Waals surface area contributed by atoms with Crippen molar-refractivity contribution in [3.63, 3.8) is 0 Å². The zero-order chi connectivity index (χ0) is 19.6. The number of urea groups is 1. The van der Waals surface area contributed by atoms with Crippen LogP contribution in [0.25, 0.3) is 0 Å². The molecule has 3 amide bonds. The highest BCUT2D eigenvalue weighted by atomic mass is 16.6. The summed E-state index contributed by atoms with van der Waals surface area (Å²) in [6.07, 6.45) is 0. The Kier molecular flexibility index (Phi) is 4.79. The first-order valence-electron chi connectivity index (χ1n) is 7.87. The second kappa shape index (κ2) is 7.20. The molecule has 2 aromatic rings. The van der Waals surface area contributed by atoms with Crippen LogP contribution in [0.3, 0.4) is 0 Å². The fourth-order valence-electron chi connectivity index (χ4n) is 2.74. The molecule has 3 N–H and O–H groups in total. The normalized spacial score (nSPS) is 16.4. The number of methoxy groups -OCH3 is 1. The van der Waals surface area contributed by atoms with Crippen LogP contribution in [0.5, 0.6) is 5.75 Å². The lowest BCUT2D eigenvalue weighted by molar-refractivity contribution is -0.402. The molecule has 0 fully saturated rings. The summed E-state index contributed by atoms with van der Waals surface area (Å²) >= 11 is 0. The summed E-state index contributed by atoms with van der Waals surface area (Å²) in [4.78, 5) is 34.9. The van der Waals surface area contributed by atoms with E-state index < -0.39 is 28.8 Å². The molecular weight excluding hydrogens is 356 g/mol. The standard InChI is InChI=1S/C17H16N4O6/c1-9-14(16(22)19-10-5-3-4-6-11(10)26-2)15(20-17(23)18-9)12-7-8-13(27-12)21(24)25/h3-8,15H,1-2H3,(H,19,22)(H2,18,20,23)/t15-/m1/s1. The molecule has 1 atom stereocenters. The molecule has 0 aliphatic carbocycles. The smallest absolute Gasteiger partial charge is 0.433 e. The molecule has 27 heavy (non-hydrogen) atoms. The van der Waals surface area contributed by atoms with Gasteiger partial charge in [-0.3, -0.25) is 14.9 Å². The molecule has 0 unspecified atom stereocenters. The molecule has 0 saturated carbocycles. The van der Waals surface area contributed by atoms with Gasteiger partial charge in [0.2, 0.25) is 0 Å². The van der Waals surface area contributed by atoms with Gasteiger partial charge in [-0.15, -0.1) is 0 Å². The van der Waals surface area contributed by atoms with Gasteiger partial charge in [-0.25, -0.2) is 4.79 Å². The van der Waals surface area contributed by atoms with Gasteiger partial charge < -0.3 is 25.1 Å². The molecule has 0 spiro atoms. The number of allylic oxidation sites excluding steroid dienone is 1. The molecule has 0 saturated heterocycles. The number of benzene rings is 1. The van der Waals surface area contributed by atoms with E-state index in [0.717, 1.165) is 6.07 Å². The average Bonchev–Trinajstić information content (AvgIpc) is 3.11. The Morgan fingerprint density at radius 1 is 1.30 bits per heavy atom. The van der Waals surface area contributed by atoms with Crippen LogP contribution in [-0.4, -0.2) is 24.0 Å². The topological polar surface area (TPSA) is 136 Å². The van der Waals surface area contributed by atoms with Crippen LogP contribution in [0.4, 0.5) is 16.4 Å². The maximum Gasteiger partial charge on any atom is 0.433 e. The van der Waals surface area contributed by atoms with Crippen LogP contribution in [0.2, 0.25) is 0 Å². The van der Waals surface area contributed by atoms with E-state index in [-0.39, 0.29) is 11.3 Å². The maximum atomic E-state index is 12.9. The number of nitrogens with one attached hydrogen (secondary N) is 3. The van der Waals surface area contributed by atoms with Gasteiger partial charge in [0.1, 0.15) is 22.5 Å². The molecule has 10 heteroatoms. The van der Waals surface area contributed by atoms with Gasteiger partial charge in [0, 0.05) is 5.70 Å². The highest BCUT2D eigenvalue weighted by Gasteiger charge is 2.34. The lowest BCUT2D eigenvalue weighted by atomic mass is 9.99. The van der Waals surface area contributed by atoms with Crippen molar-refractivity contribution in [2.24, 2.45) is 0 Å². The Hall–Kier alpha value is -3.82. The van der Waals surface area contributed by atoms with Crippen LogP contribution in [0, 0.1) is 10.1 Å². The van der Waals surface area contributed by atoms with E-state index in [2.05, 4.69) is 16.0 Å². The van der Waals surface area contributed by atoms with Crippen molar-refractivity contribution < 1.29 is 23.7 Å². The number of anilines is 1. The first-order valence-corrected chi connectivity index (χ1v) is 7.87. The molecule has 1 aromatic heterocycles. The Morgan fingerprint density at radius 2 is 2.04 bits per heavy atom. The molecule has 0 bridgehead atoms. The number of nitrogens with zero attached hydrogens (tertiary/aromatic N) is 1. The maximum absolute atomic E-state index is 12.9. The lowest BCUT2D eigenvalue weighted by Gasteiger charge is -2.27. The fourth-order valence-corrected chi connectivity index (χ4v) is 2.74. The van der Waals surface area contributed by atoms with Crippen molar-refractivity contribution in [2.45, 2.75) is 13.0 Å². The third kappa shape index (κ3) is 3.59. The summed E-state index contributed by atoms with van der Waals surface area (Å²) in [7, 11) is 1.47. The Labute approximate surface area is 153 Å². The predicted octanol–water partition coefficient (Wildman–Crippen LogP) is 2.46. The van der Waals surface area contributed by atoms with Gasteiger partial charge in [-0.1, -0.05) is 12.1 Å². The van der Waals surface area contributed by atoms with Gasteiger partial charge >= 0.3 is 11.9 Å². The number of nitro groups is 1. The summed E-state index contributed by atoms with van der Waals surface area (Å²) in [6, 6.07) is 7.80. The third-order valence-electron chi connectivity index (χ3n) is 3.95. The van der Waals surface area contributed by atoms with Crippen LogP contribution in [0.1, 0.15) is 18.7 Å². The number of para-hydroxylation sites is 2. The molecule has 1 aliphatic heterocycles. The third-order valence-corrected chi connectivity index (χ3v) is 3.95. The summed E-state index contributed by atoms with van der Waals surface area (Å²) in [5.74, 6) is -0.475. The number of ether oxygens (including phenoxy) is 1. The highest BCUT2D eigenvalue weighted by molar-refractivity contribution is 6.07.